The van der Waals surface area contributed by atoms with Gasteiger partial charge in [-0.05, 0) is 42.8 Å². The van der Waals surface area contributed by atoms with Gasteiger partial charge in [0.05, 0.1) is 46.2 Å². The third-order valence-corrected chi connectivity index (χ3v) is 6.70. The second-order valence-corrected chi connectivity index (χ2v) is 9.42. The SMILES string of the molecule is CC(Nc1cnc2ccc(-c3cncc(NS(=O)(=O)c4ccccc4)c3)cc2n1)c1cn[nH]c1. The molecule has 0 aliphatic rings. The Morgan fingerprint density at radius 2 is 1.76 bits per heavy atom. The van der Waals surface area contributed by atoms with Crippen LogP contribution in [0.5, 0.6) is 0 Å². The summed E-state index contributed by atoms with van der Waals surface area (Å²) in [6.45, 7) is 2.01. The molecule has 0 bridgehead atoms. The van der Waals surface area contributed by atoms with Crippen LogP contribution in [0.15, 0.2) is 90.5 Å². The van der Waals surface area contributed by atoms with Crippen LogP contribution in [0.3, 0.4) is 0 Å². The van der Waals surface area contributed by atoms with Gasteiger partial charge < -0.3 is 5.32 Å². The van der Waals surface area contributed by atoms with Crippen molar-refractivity contribution in [1.29, 1.82) is 0 Å². The maximum absolute atomic E-state index is 12.7. The minimum absolute atomic E-state index is 0.00667. The highest BCUT2D eigenvalue weighted by Gasteiger charge is 2.14. The van der Waals surface area contributed by atoms with Gasteiger partial charge in [0.2, 0.25) is 0 Å². The average Bonchev–Trinajstić information content (AvgIpc) is 3.39. The maximum atomic E-state index is 12.7. The number of benzene rings is 2. The lowest BCUT2D eigenvalue weighted by atomic mass is 10.1. The number of fused-ring (bicyclic) bond motifs is 1. The highest BCUT2D eigenvalue weighted by Crippen LogP contribution is 2.26. The van der Waals surface area contributed by atoms with Crippen molar-refractivity contribution in [3.05, 3.63) is 91.1 Å². The molecule has 1 unspecified atom stereocenters. The molecule has 0 aliphatic heterocycles. The molecule has 170 valence electrons. The van der Waals surface area contributed by atoms with E-state index in [1.54, 1.807) is 55.0 Å². The normalized spacial score (nSPS) is 12.4. The molecule has 5 aromatic rings. The van der Waals surface area contributed by atoms with Gasteiger partial charge in [0, 0.05) is 23.5 Å². The Hall–Kier alpha value is -4.31. The molecule has 2 aromatic carbocycles. The third kappa shape index (κ3) is 4.57. The van der Waals surface area contributed by atoms with Crippen molar-refractivity contribution in [2.75, 3.05) is 10.0 Å². The van der Waals surface area contributed by atoms with E-state index in [1.165, 1.54) is 6.20 Å². The van der Waals surface area contributed by atoms with Crippen LogP contribution in [0.4, 0.5) is 11.5 Å². The van der Waals surface area contributed by atoms with E-state index in [-0.39, 0.29) is 10.9 Å². The summed E-state index contributed by atoms with van der Waals surface area (Å²) in [5.41, 5.74) is 4.43. The maximum Gasteiger partial charge on any atom is 0.261 e. The Labute approximate surface area is 196 Å². The van der Waals surface area contributed by atoms with Gasteiger partial charge in [-0.3, -0.25) is 19.8 Å². The summed E-state index contributed by atoms with van der Waals surface area (Å²) in [6, 6.07) is 15.6. The zero-order chi connectivity index (χ0) is 23.5. The van der Waals surface area contributed by atoms with E-state index in [4.69, 9.17) is 4.98 Å². The predicted octanol–water partition coefficient (Wildman–Crippen LogP) is 4.39. The fourth-order valence-electron chi connectivity index (χ4n) is 3.53. The number of pyridine rings is 1. The Balaban J connectivity index is 1.41. The van der Waals surface area contributed by atoms with E-state index in [0.29, 0.717) is 17.0 Å². The van der Waals surface area contributed by atoms with Gasteiger partial charge in [0.15, 0.2) is 0 Å². The molecule has 0 saturated carbocycles. The van der Waals surface area contributed by atoms with Gasteiger partial charge in [-0.1, -0.05) is 24.3 Å². The number of anilines is 2. The van der Waals surface area contributed by atoms with Crippen molar-refractivity contribution < 1.29 is 8.42 Å². The monoisotopic (exact) mass is 471 g/mol. The lowest BCUT2D eigenvalue weighted by Gasteiger charge is -2.13. The zero-order valence-corrected chi connectivity index (χ0v) is 19.0. The van der Waals surface area contributed by atoms with Crippen LogP contribution in [0, 0.1) is 0 Å². The quantitative estimate of drug-likeness (QED) is 0.321. The summed E-state index contributed by atoms with van der Waals surface area (Å²) in [7, 11) is -3.71. The molecule has 5 rings (SSSR count). The molecule has 10 heteroatoms. The van der Waals surface area contributed by atoms with Crippen LogP contribution >= 0.6 is 0 Å². The van der Waals surface area contributed by atoms with Crippen molar-refractivity contribution in [2.24, 2.45) is 0 Å². The lowest BCUT2D eigenvalue weighted by molar-refractivity contribution is 0.601. The number of hydrogen-bond donors (Lipinski definition) is 3. The van der Waals surface area contributed by atoms with Crippen LogP contribution in [-0.2, 0) is 10.0 Å². The number of hydrogen-bond acceptors (Lipinski definition) is 7. The molecule has 3 aromatic heterocycles. The van der Waals surface area contributed by atoms with Crippen LogP contribution in [0.2, 0.25) is 0 Å². The molecule has 34 heavy (non-hydrogen) atoms. The topological polar surface area (TPSA) is 126 Å². The highest BCUT2D eigenvalue weighted by atomic mass is 32.2. The number of sulfonamides is 1. The summed E-state index contributed by atoms with van der Waals surface area (Å²) in [6.07, 6.45) is 8.44. The molecule has 3 N–H and O–H groups in total. The summed E-state index contributed by atoms with van der Waals surface area (Å²) < 4.78 is 27.9. The molecule has 0 saturated heterocycles. The summed E-state index contributed by atoms with van der Waals surface area (Å²) in [4.78, 5) is 13.6. The van der Waals surface area contributed by atoms with Crippen LogP contribution in [0.25, 0.3) is 22.2 Å². The van der Waals surface area contributed by atoms with Crippen molar-refractivity contribution in [3.8, 4) is 11.1 Å². The first kappa shape index (κ1) is 21.5. The highest BCUT2D eigenvalue weighted by molar-refractivity contribution is 7.92. The van der Waals surface area contributed by atoms with E-state index in [2.05, 4.69) is 30.2 Å². The van der Waals surface area contributed by atoms with Gasteiger partial charge in [-0.15, -0.1) is 0 Å². The van der Waals surface area contributed by atoms with E-state index in [0.717, 1.165) is 22.2 Å². The van der Waals surface area contributed by atoms with E-state index in [9.17, 15) is 8.42 Å². The predicted molar refractivity (Wildman–Crippen MR) is 131 cm³/mol. The standard InChI is InChI=1S/C24H21N7O2S/c1-16(19-12-27-28-13-19)29-24-15-26-22-8-7-17(10-23(22)30-24)18-9-20(14-25-11-18)31-34(32,33)21-5-3-2-4-6-21/h2-16,31H,1H3,(H,27,28)(H,29,30). The van der Waals surface area contributed by atoms with E-state index < -0.39 is 10.0 Å². The summed E-state index contributed by atoms with van der Waals surface area (Å²) in [5.74, 6) is 0.640. The molecule has 0 spiro atoms. The minimum Gasteiger partial charge on any atom is -0.362 e. The fourth-order valence-corrected chi connectivity index (χ4v) is 4.59. The molecular formula is C24H21N7O2S. The Morgan fingerprint density at radius 3 is 2.56 bits per heavy atom. The molecular weight excluding hydrogens is 450 g/mol. The molecule has 1 atom stereocenters. The molecule has 0 radical (unpaired) electrons. The van der Waals surface area contributed by atoms with Gasteiger partial charge in [0.1, 0.15) is 5.82 Å². The van der Waals surface area contributed by atoms with Crippen molar-refractivity contribution >= 4 is 32.6 Å². The number of H-pyrrole nitrogens is 1. The van der Waals surface area contributed by atoms with Gasteiger partial charge >= 0.3 is 0 Å². The molecule has 9 nitrogen and oxygen atoms in total. The number of nitrogens with zero attached hydrogens (tertiary/aromatic N) is 4. The second kappa shape index (κ2) is 8.91. The zero-order valence-electron chi connectivity index (χ0n) is 18.2. The average molecular weight is 472 g/mol. The lowest BCUT2D eigenvalue weighted by Crippen LogP contribution is -2.12. The molecule has 0 aliphatic carbocycles. The number of aromatic amines is 1. The molecule has 3 heterocycles. The number of nitrogens with one attached hydrogen (secondary N) is 3. The summed E-state index contributed by atoms with van der Waals surface area (Å²) >= 11 is 0. The second-order valence-electron chi connectivity index (χ2n) is 7.74. The van der Waals surface area contributed by atoms with Gasteiger partial charge in [-0.2, -0.15) is 5.10 Å². The molecule has 0 fully saturated rings. The fraction of sp³-hybridized carbons (Fsp3) is 0.0833. The van der Waals surface area contributed by atoms with Gasteiger partial charge in [0.25, 0.3) is 10.0 Å². The van der Waals surface area contributed by atoms with Crippen LogP contribution in [-0.4, -0.2) is 33.6 Å². The minimum atomic E-state index is -3.71. The third-order valence-electron chi connectivity index (χ3n) is 5.30. The molecule has 0 amide bonds. The first-order chi connectivity index (χ1) is 16.5. The Morgan fingerprint density at radius 1 is 0.912 bits per heavy atom. The van der Waals surface area contributed by atoms with Crippen molar-refractivity contribution in [2.45, 2.75) is 17.9 Å². The van der Waals surface area contributed by atoms with Gasteiger partial charge in [-0.25, -0.2) is 13.4 Å². The van der Waals surface area contributed by atoms with Crippen LogP contribution in [0.1, 0.15) is 18.5 Å². The largest absolute Gasteiger partial charge is 0.362 e. The first-order valence-corrected chi connectivity index (χ1v) is 12.0. The summed E-state index contributed by atoms with van der Waals surface area (Å²) in [5, 5.41) is 10.1. The Kier molecular flexibility index (Phi) is 5.64. The Bertz CT molecular complexity index is 1540. The number of aromatic nitrogens is 5. The number of rotatable bonds is 7. The van der Waals surface area contributed by atoms with Crippen LogP contribution < -0.4 is 10.0 Å². The smallest absolute Gasteiger partial charge is 0.261 e. The van der Waals surface area contributed by atoms with Crippen molar-refractivity contribution in [3.63, 3.8) is 0 Å². The van der Waals surface area contributed by atoms with E-state index in [1.807, 2.05) is 31.3 Å². The van der Waals surface area contributed by atoms with Crippen molar-refractivity contribution in [1.82, 2.24) is 25.1 Å². The van der Waals surface area contributed by atoms with E-state index >= 15 is 0 Å². The first-order valence-electron chi connectivity index (χ1n) is 10.5.